The second-order valence-electron chi connectivity index (χ2n) is 7.35. The Labute approximate surface area is 188 Å². The molecule has 2 aromatic heterocycles. The molecule has 10 heteroatoms. The first-order valence-corrected chi connectivity index (χ1v) is 10.8. The lowest BCUT2D eigenvalue weighted by molar-refractivity contribution is 0.120. The fourth-order valence-electron chi connectivity index (χ4n) is 3.96. The first kappa shape index (κ1) is 21.2. The van der Waals surface area contributed by atoms with E-state index < -0.39 is 6.09 Å². The van der Waals surface area contributed by atoms with Crippen molar-refractivity contribution in [2.75, 3.05) is 32.6 Å². The molecule has 3 aromatic rings. The molecular formula is C21H24BrN5O4. The molecule has 1 aromatic carbocycles. The highest BCUT2D eigenvalue weighted by atomic mass is 79.9. The lowest BCUT2D eigenvalue weighted by Gasteiger charge is -2.31. The SMILES string of the molecule is COc1ccc(CNc2nccc3c2c(Br)nn3[C@H]2CCCN(C(=O)O)C2)c(OC)c1. The Morgan fingerprint density at radius 2 is 2.16 bits per heavy atom. The van der Waals surface area contributed by atoms with Crippen molar-refractivity contribution in [3.8, 4) is 11.5 Å². The molecule has 1 saturated heterocycles. The van der Waals surface area contributed by atoms with Crippen LogP contribution in [0.15, 0.2) is 35.1 Å². The Morgan fingerprint density at radius 1 is 1.32 bits per heavy atom. The van der Waals surface area contributed by atoms with Crippen LogP contribution in [0.5, 0.6) is 11.5 Å². The third-order valence-corrected chi connectivity index (χ3v) is 6.09. The Morgan fingerprint density at radius 3 is 2.90 bits per heavy atom. The number of anilines is 1. The summed E-state index contributed by atoms with van der Waals surface area (Å²) in [6.07, 6.45) is 2.53. The summed E-state index contributed by atoms with van der Waals surface area (Å²) >= 11 is 3.57. The minimum atomic E-state index is -0.891. The topological polar surface area (TPSA) is 102 Å². The molecule has 0 bridgehead atoms. The molecule has 0 saturated carbocycles. The number of nitrogens with zero attached hydrogens (tertiary/aromatic N) is 4. The van der Waals surface area contributed by atoms with Crippen molar-refractivity contribution < 1.29 is 19.4 Å². The van der Waals surface area contributed by atoms with Crippen molar-refractivity contribution >= 4 is 38.7 Å². The van der Waals surface area contributed by atoms with Gasteiger partial charge in [0.05, 0.1) is 31.2 Å². The molecule has 4 rings (SSSR count). The summed E-state index contributed by atoms with van der Waals surface area (Å²) in [6, 6.07) is 7.57. The van der Waals surface area contributed by atoms with Crippen LogP contribution in [-0.2, 0) is 6.54 Å². The van der Waals surface area contributed by atoms with E-state index in [1.165, 1.54) is 4.90 Å². The first-order chi connectivity index (χ1) is 15.0. The number of hydrogen-bond acceptors (Lipinski definition) is 6. The highest BCUT2D eigenvalue weighted by Crippen LogP contribution is 2.34. The molecule has 3 heterocycles. The van der Waals surface area contributed by atoms with Gasteiger partial charge in [-0.2, -0.15) is 5.10 Å². The number of rotatable bonds is 6. The van der Waals surface area contributed by atoms with Crippen LogP contribution in [0.1, 0.15) is 24.4 Å². The molecule has 1 aliphatic rings. The number of nitrogens with one attached hydrogen (secondary N) is 1. The Kier molecular flexibility index (Phi) is 6.17. The van der Waals surface area contributed by atoms with Gasteiger partial charge in [0.2, 0.25) is 0 Å². The van der Waals surface area contributed by atoms with Crippen molar-refractivity contribution in [2.24, 2.45) is 0 Å². The Bertz CT molecular complexity index is 1100. The average Bonchev–Trinajstić information content (AvgIpc) is 3.14. The predicted octanol–water partition coefficient (Wildman–Crippen LogP) is 4.14. The fraction of sp³-hybridized carbons (Fsp3) is 0.381. The van der Waals surface area contributed by atoms with E-state index in [0.717, 1.165) is 40.8 Å². The normalized spacial score (nSPS) is 16.4. The summed E-state index contributed by atoms with van der Waals surface area (Å²) in [6.45, 7) is 1.49. The van der Waals surface area contributed by atoms with Gasteiger partial charge in [-0.05, 0) is 47.0 Å². The highest BCUT2D eigenvalue weighted by molar-refractivity contribution is 9.10. The number of carboxylic acid groups (broad SMARTS) is 1. The quantitative estimate of drug-likeness (QED) is 0.536. The monoisotopic (exact) mass is 489 g/mol. The van der Waals surface area contributed by atoms with Gasteiger partial charge in [-0.3, -0.25) is 4.68 Å². The predicted molar refractivity (Wildman–Crippen MR) is 120 cm³/mol. The zero-order chi connectivity index (χ0) is 22.0. The number of methoxy groups -OCH3 is 2. The molecular weight excluding hydrogens is 466 g/mol. The first-order valence-electron chi connectivity index (χ1n) is 9.97. The molecule has 0 unspecified atom stereocenters. The van der Waals surface area contributed by atoms with E-state index in [1.54, 1.807) is 20.4 Å². The number of likely N-dealkylation sites (tertiary alicyclic amines) is 1. The zero-order valence-corrected chi connectivity index (χ0v) is 18.9. The summed E-state index contributed by atoms with van der Waals surface area (Å²) in [5, 5.41) is 18.3. The maximum absolute atomic E-state index is 11.4. The molecule has 2 N–H and O–H groups in total. The molecule has 1 fully saturated rings. The smallest absolute Gasteiger partial charge is 0.407 e. The third-order valence-electron chi connectivity index (χ3n) is 5.53. The summed E-state index contributed by atoms with van der Waals surface area (Å²) < 4.78 is 13.3. The number of carbonyl (C=O) groups is 1. The van der Waals surface area contributed by atoms with Gasteiger partial charge in [0.1, 0.15) is 21.9 Å². The van der Waals surface area contributed by atoms with Crippen LogP contribution in [0, 0.1) is 0 Å². The highest BCUT2D eigenvalue weighted by Gasteiger charge is 2.27. The van der Waals surface area contributed by atoms with E-state index in [9.17, 15) is 9.90 Å². The van der Waals surface area contributed by atoms with E-state index in [1.807, 2.05) is 28.9 Å². The number of pyridine rings is 1. The van der Waals surface area contributed by atoms with Gasteiger partial charge in [0.15, 0.2) is 0 Å². The number of benzene rings is 1. The molecule has 1 amide bonds. The van der Waals surface area contributed by atoms with Crippen molar-refractivity contribution in [3.63, 3.8) is 0 Å². The van der Waals surface area contributed by atoms with Crippen molar-refractivity contribution in [1.29, 1.82) is 0 Å². The molecule has 164 valence electrons. The van der Waals surface area contributed by atoms with Crippen molar-refractivity contribution in [1.82, 2.24) is 19.7 Å². The van der Waals surface area contributed by atoms with Crippen LogP contribution < -0.4 is 14.8 Å². The third kappa shape index (κ3) is 4.25. The van der Waals surface area contributed by atoms with Crippen LogP contribution in [0.2, 0.25) is 0 Å². The summed E-state index contributed by atoms with van der Waals surface area (Å²) in [5.41, 5.74) is 1.87. The fourth-order valence-corrected chi connectivity index (χ4v) is 4.52. The number of hydrogen-bond donors (Lipinski definition) is 2. The maximum Gasteiger partial charge on any atom is 0.407 e. The van der Waals surface area contributed by atoms with Crippen molar-refractivity contribution in [2.45, 2.75) is 25.4 Å². The number of aromatic nitrogens is 3. The van der Waals surface area contributed by atoms with Gasteiger partial charge < -0.3 is 24.8 Å². The molecule has 1 atom stereocenters. The Balaban J connectivity index is 1.61. The van der Waals surface area contributed by atoms with E-state index in [-0.39, 0.29) is 6.04 Å². The van der Waals surface area contributed by atoms with Crippen LogP contribution in [0.25, 0.3) is 10.9 Å². The number of ether oxygens (including phenoxy) is 2. The van der Waals surface area contributed by atoms with Crippen LogP contribution in [0.4, 0.5) is 10.6 Å². The minimum Gasteiger partial charge on any atom is -0.497 e. The lowest BCUT2D eigenvalue weighted by atomic mass is 10.1. The Hall–Kier alpha value is -3.01. The van der Waals surface area contributed by atoms with Crippen molar-refractivity contribution in [3.05, 3.63) is 40.6 Å². The van der Waals surface area contributed by atoms with Crippen LogP contribution >= 0.6 is 15.9 Å². The number of fused-ring (bicyclic) bond motifs is 1. The summed E-state index contributed by atoms with van der Waals surface area (Å²) in [7, 11) is 3.25. The summed E-state index contributed by atoms with van der Waals surface area (Å²) in [4.78, 5) is 17.4. The average molecular weight is 490 g/mol. The molecule has 9 nitrogen and oxygen atoms in total. The number of piperidine rings is 1. The molecule has 0 radical (unpaired) electrons. The zero-order valence-electron chi connectivity index (χ0n) is 17.3. The molecule has 0 aliphatic carbocycles. The second kappa shape index (κ2) is 9.01. The van der Waals surface area contributed by atoms with Gasteiger partial charge in [0, 0.05) is 37.5 Å². The molecule has 0 spiro atoms. The number of amides is 1. The van der Waals surface area contributed by atoms with E-state index in [2.05, 4.69) is 31.3 Å². The number of halogens is 1. The standard InChI is InChI=1S/C21H24BrN5O4/c1-30-15-6-5-13(17(10-15)31-2)11-24-20-18-16(7-8-23-20)27(25-19(18)22)14-4-3-9-26(12-14)21(28)29/h5-8,10,14H,3-4,9,11-12H2,1-2H3,(H,23,24)(H,28,29)/t14-/m0/s1. The van der Waals surface area contributed by atoms with Gasteiger partial charge in [-0.1, -0.05) is 0 Å². The van der Waals surface area contributed by atoms with E-state index in [4.69, 9.17) is 9.47 Å². The van der Waals surface area contributed by atoms with Gasteiger partial charge in [0.25, 0.3) is 0 Å². The summed E-state index contributed by atoms with van der Waals surface area (Å²) in [5.74, 6) is 2.15. The van der Waals surface area contributed by atoms with E-state index >= 15 is 0 Å². The van der Waals surface area contributed by atoms with Crippen LogP contribution in [0.3, 0.4) is 0 Å². The van der Waals surface area contributed by atoms with Crippen LogP contribution in [-0.4, -0.2) is 58.2 Å². The lowest BCUT2D eigenvalue weighted by Crippen LogP contribution is -2.40. The minimum absolute atomic E-state index is 0.0180. The van der Waals surface area contributed by atoms with Gasteiger partial charge in [-0.25, -0.2) is 9.78 Å². The van der Waals surface area contributed by atoms with Gasteiger partial charge >= 0.3 is 6.09 Å². The maximum atomic E-state index is 11.4. The largest absolute Gasteiger partial charge is 0.497 e. The molecule has 1 aliphatic heterocycles. The van der Waals surface area contributed by atoms with E-state index in [0.29, 0.717) is 30.1 Å². The molecule has 31 heavy (non-hydrogen) atoms. The second-order valence-corrected chi connectivity index (χ2v) is 8.10. The van der Waals surface area contributed by atoms with Gasteiger partial charge in [-0.15, -0.1) is 0 Å².